The zero-order chi connectivity index (χ0) is 23.8. The van der Waals surface area contributed by atoms with Crippen LogP contribution in [-0.2, 0) is 15.5 Å². The van der Waals surface area contributed by atoms with Gasteiger partial charge in [0.05, 0.1) is 7.11 Å². The van der Waals surface area contributed by atoms with Crippen LogP contribution in [0.2, 0.25) is 0 Å². The summed E-state index contributed by atoms with van der Waals surface area (Å²) in [6, 6.07) is 4.69. The Labute approximate surface area is 180 Å². The van der Waals surface area contributed by atoms with Gasteiger partial charge in [-0.3, -0.25) is 4.79 Å². The van der Waals surface area contributed by atoms with Crippen LogP contribution < -0.4 is 15.4 Å². The van der Waals surface area contributed by atoms with Gasteiger partial charge >= 0.3 is 18.2 Å². The molecule has 0 unspecified atom stereocenters. The van der Waals surface area contributed by atoms with E-state index in [0.717, 1.165) is 0 Å². The third kappa shape index (κ3) is 8.12. The zero-order valence-electron chi connectivity index (χ0n) is 17.3. The van der Waals surface area contributed by atoms with Gasteiger partial charge in [0.25, 0.3) is 5.92 Å². The third-order valence-electron chi connectivity index (χ3n) is 4.03. The van der Waals surface area contributed by atoms with Gasteiger partial charge in [-0.05, 0) is 18.6 Å². The summed E-state index contributed by atoms with van der Waals surface area (Å²) in [5.41, 5.74) is -0.0472. The standard InChI is InChI=1S/C19H22F5N5O3/c1-3-18(20,21)12-6-4-7-13(10-12)26-16-27-15(25-9-5-8-14(30)31-2)28-17(29-16)32-11-19(22,23)24/h4,6-7,10H,3,5,8-9,11H2,1-2H3,(H2,25,26,27,28,29). The molecule has 0 bridgehead atoms. The lowest BCUT2D eigenvalue weighted by molar-refractivity contribution is -0.154. The van der Waals surface area contributed by atoms with Gasteiger partial charge in [0, 0.05) is 30.6 Å². The molecule has 1 aromatic heterocycles. The Balaban J connectivity index is 2.20. The quantitative estimate of drug-likeness (QED) is 0.287. The fourth-order valence-electron chi connectivity index (χ4n) is 2.40. The van der Waals surface area contributed by atoms with E-state index in [2.05, 4.69) is 35.1 Å². The summed E-state index contributed by atoms with van der Waals surface area (Å²) in [4.78, 5) is 22.7. The lowest BCUT2D eigenvalue weighted by Gasteiger charge is -2.16. The predicted molar refractivity (Wildman–Crippen MR) is 105 cm³/mol. The molecular formula is C19H22F5N5O3. The lowest BCUT2D eigenvalue weighted by Crippen LogP contribution is -2.21. The minimum Gasteiger partial charge on any atom is -0.469 e. The van der Waals surface area contributed by atoms with E-state index in [1.54, 1.807) is 0 Å². The number of nitrogens with one attached hydrogen (secondary N) is 2. The highest BCUT2D eigenvalue weighted by molar-refractivity contribution is 5.69. The molecule has 0 aliphatic heterocycles. The molecule has 0 saturated carbocycles. The van der Waals surface area contributed by atoms with E-state index in [4.69, 9.17) is 0 Å². The molecule has 2 rings (SSSR count). The maximum atomic E-state index is 14.0. The Morgan fingerprint density at radius 2 is 1.81 bits per heavy atom. The van der Waals surface area contributed by atoms with Crippen molar-refractivity contribution in [2.75, 3.05) is 30.9 Å². The van der Waals surface area contributed by atoms with Crippen LogP contribution in [0.15, 0.2) is 24.3 Å². The first-order valence-electron chi connectivity index (χ1n) is 9.54. The van der Waals surface area contributed by atoms with E-state index in [1.165, 1.54) is 38.3 Å². The zero-order valence-corrected chi connectivity index (χ0v) is 17.3. The minimum atomic E-state index is -4.62. The number of hydrogen-bond acceptors (Lipinski definition) is 8. The molecule has 0 atom stereocenters. The Hall–Kier alpha value is -3.25. The molecule has 2 aromatic rings. The molecule has 2 N–H and O–H groups in total. The van der Waals surface area contributed by atoms with Gasteiger partial charge < -0.3 is 20.1 Å². The van der Waals surface area contributed by atoms with Crippen molar-refractivity contribution in [1.82, 2.24) is 15.0 Å². The van der Waals surface area contributed by atoms with Gasteiger partial charge in [0.15, 0.2) is 6.61 Å². The number of alkyl halides is 5. The first-order chi connectivity index (χ1) is 15.0. The highest BCUT2D eigenvalue weighted by Crippen LogP contribution is 2.33. The van der Waals surface area contributed by atoms with E-state index < -0.39 is 37.1 Å². The number of methoxy groups -OCH3 is 1. The monoisotopic (exact) mass is 463 g/mol. The Morgan fingerprint density at radius 1 is 1.09 bits per heavy atom. The van der Waals surface area contributed by atoms with Gasteiger partial charge in [0.1, 0.15) is 0 Å². The Morgan fingerprint density at radius 3 is 2.47 bits per heavy atom. The molecule has 0 aliphatic carbocycles. The van der Waals surface area contributed by atoms with Gasteiger partial charge in [-0.15, -0.1) is 0 Å². The maximum absolute atomic E-state index is 14.0. The summed E-state index contributed by atoms with van der Waals surface area (Å²) < 4.78 is 74.5. The molecular weight excluding hydrogens is 441 g/mol. The van der Waals surface area contributed by atoms with E-state index in [9.17, 15) is 26.7 Å². The van der Waals surface area contributed by atoms with Crippen LogP contribution in [0.25, 0.3) is 0 Å². The van der Waals surface area contributed by atoms with Crippen LogP contribution in [0.1, 0.15) is 31.7 Å². The summed E-state index contributed by atoms with van der Waals surface area (Å²) in [6.07, 6.45) is -4.57. The summed E-state index contributed by atoms with van der Waals surface area (Å²) in [7, 11) is 1.25. The molecule has 0 spiro atoms. The number of halogens is 5. The van der Waals surface area contributed by atoms with Crippen molar-refractivity contribution < 1.29 is 36.2 Å². The van der Waals surface area contributed by atoms with Crippen LogP contribution in [0, 0.1) is 0 Å². The molecule has 0 aliphatic rings. The molecule has 0 radical (unpaired) electrons. The van der Waals surface area contributed by atoms with E-state index in [-0.39, 0.29) is 36.1 Å². The number of carbonyl (C=O) groups excluding carboxylic acids is 1. The molecule has 0 amide bonds. The molecule has 176 valence electrons. The van der Waals surface area contributed by atoms with E-state index in [0.29, 0.717) is 6.42 Å². The Bertz CT molecular complexity index is 911. The molecule has 32 heavy (non-hydrogen) atoms. The first kappa shape index (κ1) is 25.0. The van der Waals surface area contributed by atoms with E-state index in [1.807, 2.05) is 0 Å². The van der Waals surface area contributed by atoms with Crippen molar-refractivity contribution in [2.45, 2.75) is 38.3 Å². The van der Waals surface area contributed by atoms with Crippen LogP contribution >= 0.6 is 0 Å². The first-order valence-corrected chi connectivity index (χ1v) is 9.54. The summed E-state index contributed by atoms with van der Waals surface area (Å²) in [5, 5.41) is 5.41. The van der Waals surface area contributed by atoms with Crippen molar-refractivity contribution in [1.29, 1.82) is 0 Å². The molecule has 1 aromatic carbocycles. The second-order valence-corrected chi connectivity index (χ2v) is 6.54. The highest BCUT2D eigenvalue weighted by Gasteiger charge is 2.30. The highest BCUT2D eigenvalue weighted by atomic mass is 19.4. The van der Waals surface area contributed by atoms with Gasteiger partial charge in [-0.2, -0.15) is 28.1 Å². The molecule has 8 nitrogen and oxygen atoms in total. The maximum Gasteiger partial charge on any atom is 0.422 e. The largest absolute Gasteiger partial charge is 0.469 e. The number of anilines is 3. The molecule has 0 saturated heterocycles. The van der Waals surface area contributed by atoms with E-state index >= 15 is 0 Å². The number of carbonyl (C=O) groups is 1. The van der Waals surface area contributed by atoms with Crippen LogP contribution in [-0.4, -0.2) is 47.4 Å². The lowest BCUT2D eigenvalue weighted by atomic mass is 10.1. The number of rotatable bonds is 11. The number of esters is 1. The van der Waals surface area contributed by atoms with Gasteiger partial charge in [-0.25, -0.2) is 8.78 Å². The van der Waals surface area contributed by atoms with Crippen molar-refractivity contribution in [3.05, 3.63) is 29.8 Å². The smallest absolute Gasteiger partial charge is 0.422 e. The third-order valence-corrected chi connectivity index (χ3v) is 4.03. The summed E-state index contributed by atoms with van der Waals surface area (Å²) in [5.74, 6) is -3.82. The van der Waals surface area contributed by atoms with Crippen molar-refractivity contribution in [3.8, 4) is 6.01 Å². The predicted octanol–water partition coefficient (Wildman–Crippen LogP) is 4.42. The number of benzene rings is 1. The van der Waals surface area contributed by atoms with Crippen molar-refractivity contribution >= 4 is 23.6 Å². The second-order valence-electron chi connectivity index (χ2n) is 6.54. The minimum absolute atomic E-state index is 0.107. The number of aromatic nitrogens is 3. The van der Waals surface area contributed by atoms with Crippen molar-refractivity contribution in [2.24, 2.45) is 0 Å². The molecule has 0 fully saturated rings. The Kier molecular flexibility index (Phi) is 8.49. The van der Waals surface area contributed by atoms with Gasteiger partial charge in [0.2, 0.25) is 11.9 Å². The summed E-state index contributed by atoms with van der Waals surface area (Å²) in [6.45, 7) is -0.0829. The van der Waals surface area contributed by atoms with Crippen molar-refractivity contribution in [3.63, 3.8) is 0 Å². The van der Waals surface area contributed by atoms with Crippen LogP contribution in [0.5, 0.6) is 6.01 Å². The number of hydrogen-bond donors (Lipinski definition) is 2. The van der Waals surface area contributed by atoms with Crippen LogP contribution in [0.3, 0.4) is 0 Å². The number of ether oxygens (including phenoxy) is 2. The SMILES string of the molecule is CCC(F)(F)c1cccc(Nc2nc(NCCCC(=O)OC)nc(OCC(F)(F)F)n2)c1. The summed E-state index contributed by atoms with van der Waals surface area (Å²) >= 11 is 0. The molecule has 13 heteroatoms. The number of nitrogens with zero attached hydrogens (tertiary/aromatic N) is 3. The second kappa shape index (κ2) is 10.9. The topological polar surface area (TPSA) is 98.3 Å². The fourth-order valence-corrected chi connectivity index (χ4v) is 2.40. The van der Waals surface area contributed by atoms with Gasteiger partial charge in [-0.1, -0.05) is 19.1 Å². The van der Waals surface area contributed by atoms with Crippen LogP contribution in [0.4, 0.5) is 39.5 Å². The normalized spacial score (nSPS) is 11.7. The average molecular weight is 463 g/mol. The molecule has 1 heterocycles. The average Bonchev–Trinajstić information content (AvgIpc) is 2.74. The fraction of sp³-hybridized carbons (Fsp3) is 0.474.